The summed E-state index contributed by atoms with van der Waals surface area (Å²) in [4.78, 5) is 2.82. The molecule has 2 aromatic heterocycles. The molecule has 0 saturated heterocycles. The van der Waals surface area contributed by atoms with Crippen LogP contribution in [-0.4, -0.2) is 11.4 Å². The third kappa shape index (κ3) is 5.03. The first-order valence-corrected chi connectivity index (χ1v) is 23.3. The second-order valence-corrected chi connectivity index (χ2v) is 23.1. The molecule has 1 aliphatic carbocycles. The van der Waals surface area contributed by atoms with Crippen molar-refractivity contribution < 1.29 is 0 Å². The highest BCUT2D eigenvalue weighted by atomic mass is 32.1. The maximum Gasteiger partial charge on any atom is 0.333 e. The Morgan fingerprint density at radius 2 is 1.28 bits per heavy atom. The summed E-state index contributed by atoms with van der Waals surface area (Å²) in [6, 6.07) is 43.4. The van der Waals surface area contributed by atoms with E-state index in [2.05, 4.69) is 195 Å². The van der Waals surface area contributed by atoms with Crippen LogP contribution in [-0.2, 0) is 21.7 Å². The number of fused-ring (bicyclic) bond motifs is 14. The maximum absolute atomic E-state index is 2.82. The van der Waals surface area contributed by atoms with E-state index in [0.29, 0.717) is 0 Å². The molecule has 0 radical (unpaired) electrons. The van der Waals surface area contributed by atoms with E-state index < -0.39 is 0 Å². The van der Waals surface area contributed by atoms with Gasteiger partial charge in [-0.05, 0) is 134 Å². The molecule has 302 valence electrons. The number of benzene rings is 7. The fourth-order valence-corrected chi connectivity index (χ4v) is 12.9. The number of nitrogens with zero attached hydrogens (tertiary/aromatic N) is 2. The van der Waals surface area contributed by atoms with Gasteiger partial charge in [-0.1, -0.05) is 136 Å². The number of rotatable bonds is 1. The van der Waals surface area contributed by atoms with E-state index in [-0.39, 0.29) is 28.5 Å². The van der Waals surface area contributed by atoms with Crippen molar-refractivity contribution in [3.8, 4) is 16.8 Å². The van der Waals surface area contributed by atoms with Crippen molar-refractivity contribution in [2.45, 2.75) is 111 Å². The third-order valence-corrected chi connectivity index (χ3v) is 16.4. The smallest absolute Gasteiger partial charge is 0.333 e. The topological polar surface area (TPSA) is 8.17 Å². The lowest BCUT2D eigenvalue weighted by molar-refractivity contribution is 0.332. The predicted octanol–water partition coefficient (Wildman–Crippen LogP) is 14.8. The van der Waals surface area contributed by atoms with Crippen LogP contribution in [0.15, 0.2) is 109 Å². The normalized spacial score (nSPS) is 16.5. The zero-order valence-electron chi connectivity index (χ0n) is 37.7. The summed E-state index contributed by atoms with van der Waals surface area (Å²) in [5.41, 5.74) is 19.5. The monoisotopic (exact) mass is 810 g/mol. The predicted molar refractivity (Wildman–Crippen MR) is 268 cm³/mol. The van der Waals surface area contributed by atoms with Gasteiger partial charge in [0.15, 0.2) is 0 Å². The number of hydrogen-bond donors (Lipinski definition) is 0. The minimum atomic E-state index is -0.0504. The lowest BCUT2D eigenvalue weighted by Crippen LogP contribution is -2.61. The molecular formula is C57H55BN2S. The number of aromatic nitrogens is 1. The Hall–Kier alpha value is -5.32. The van der Waals surface area contributed by atoms with Crippen molar-refractivity contribution in [2.75, 3.05) is 4.81 Å². The molecular weight excluding hydrogens is 756 g/mol. The summed E-state index contributed by atoms with van der Waals surface area (Å²) in [7, 11) is 0. The van der Waals surface area contributed by atoms with E-state index in [1.54, 1.807) is 0 Å². The summed E-state index contributed by atoms with van der Waals surface area (Å²) in [6.07, 6.45) is 2.38. The number of thiophene rings is 1. The highest BCUT2D eigenvalue weighted by Gasteiger charge is 2.47. The van der Waals surface area contributed by atoms with Crippen LogP contribution in [0.5, 0.6) is 0 Å². The summed E-state index contributed by atoms with van der Waals surface area (Å²) >= 11 is 1.96. The molecule has 2 aliphatic heterocycles. The molecule has 0 spiro atoms. The van der Waals surface area contributed by atoms with Crippen molar-refractivity contribution in [1.29, 1.82) is 0 Å². The third-order valence-electron chi connectivity index (χ3n) is 15.2. The van der Waals surface area contributed by atoms with Crippen LogP contribution in [0, 0.1) is 6.92 Å². The van der Waals surface area contributed by atoms with Crippen LogP contribution in [0.4, 0.5) is 11.4 Å². The van der Waals surface area contributed by atoms with Gasteiger partial charge in [0.25, 0.3) is 0 Å². The Bertz CT molecular complexity index is 3410. The van der Waals surface area contributed by atoms with Gasteiger partial charge in [-0.15, -0.1) is 11.3 Å². The van der Waals surface area contributed by atoms with E-state index in [1.165, 1.54) is 133 Å². The van der Waals surface area contributed by atoms with Crippen LogP contribution < -0.4 is 15.7 Å². The van der Waals surface area contributed by atoms with Gasteiger partial charge >= 0.3 is 6.85 Å². The minimum absolute atomic E-state index is 0.0247. The van der Waals surface area contributed by atoms with Crippen LogP contribution >= 0.6 is 11.3 Å². The van der Waals surface area contributed by atoms with Gasteiger partial charge in [0.05, 0.1) is 16.7 Å². The van der Waals surface area contributed by atoms with E-state index in [0.717, 1.165) is 0 Å². The van der Waals surface area contributed by atoms with E-state index in [4.69, 9.17) is 0 Å². The van der Waals surface area contributed by atoms with Gasteiger partial charge in [0, 0.05) is 53.3 Å². The molecule has 0 bridgehead atoms. The number of anilines is 2. The molecule has 61 heavy (non-hydrogen) atoms. The summed E-state index contributed by atoms with van der Waals surface area (Å²) in [5, 5.41) is 8.00. The maximum atomic E-state index is 2.82. The molecule has 4 heteroatoms. The Labute approximate surface area is 365 Å². The van der Waals surface area contributed by atoms with Gasteiger partial charge in [-0.25, -0.2) is 0 Å². The molecule has 12 rings (SSSR count). The van der Waals surface area contributed by atoms with Crippen molar-refractivity contribution in [3.05, 3.63) is 137 Å². The van der Waals surface area contributed by atoms with Crippen molar-refractivity contribution in [3.63, 3.8) is 0 Å². The fourth-order valence-electron chi connectivity index (χ4n) is 11.6. The zero-order chi connectivity index (χ0) is 42.3. The van der Waals surface area contributed by atoms with E-state index in [9.17, 15) is 0 Å². The summed E-state index contributed by atoms with van der Waals surface area (Å²) in [5.74, 6) is 0. The molecule has 0 unspecified atom stereocenters. The molecule has 4 heterocycles. The van der Waals surface area contributed by atoms with Crippen molar-refractivity contribution in [1.82, 2.24) is 4.57 Å². The van der Waals surface area contributed by atoms with Crippen LogP contribution in [0.1, 0.15) is 110 Å². The fraction of sp³-hybridized carbons (Fsp3) is 0.298. The highest BCUT2D eigenvalue weighted by Crippen LogP contribution is 2.54. The molecule has 2 nitrogen and oxygen atoms in total. The quantitative estimate of drug-likeness (QED) is 0.150. The molecule has 0 N–H and O–H groups in total. The summed E-state index contributed by atoms with van der Waals surface area (Å²) in [6.45, 7) is 26.4. The molecule has 7 aromatic carbocycles. The average Bonchev–Trinajstić information content (AvgIpc) is 3.76. The Balaban J connectivity index is 1.31. The van der Waals surface area contributed by atoms with Crippen LogP contribution in [0.2, 0.25) is 0 Å². The SMILES string of the molecule is Cc1cc2c(cc1N1B3c4c(cc5ccccc5c4-n4c5ccc(C(C)(C)C)cc5c5cc(C(C)(C)C)cc3c54)-c3c1ccc1c3sc3ccccc31)C(C)(C)CCC2(C)C. The molecule has 3 aliphatic rings. The Kier molecular flexibility index (Phi) is 7.36. The summed E-state index contributed by atoms with van der Waals surface area (Å²) < 4.78 is 5.41. The molecule has 0 fully saturated rings. The van der Waals surface area contributed by atoms with Crippen molar-refractivity contribution >= 4 is 93.2 Å². The first kappa shape index (κ1) is 37.4. The lowest BCUT2D eigenvalue weighted by atomic mass is 9.43. The van der Waals surface area contributed by atoms with Gasteiger partial charge in [-0.3, -0.25) is 0 Å². The number of hydrogen-bond acceptors (Lipinski definition) is 2. The van der Waals surface area contributed by atoms with Gasteiger partial charge in [0.2, 0.25) is 0 Å². The van der Waals surface area contributed by atoms with Gasteiger partial charge in [-0.2, -0.15) is 0 Å². The Morgan fingerprint density at radius 1 is 0.607 bits per heavy atom. The van der Waals surface area contributed by atoms with E-state index in [1.807, 2.05) is 11.3 Å². The first-order valence-electron chi connectivity index (χ1n) is 22.5. The Morgan fingerprint density at radius 3 is 2.02 bits per heavy atom. The lowest BCUT2D eigenvalue weighted by Gasteiger charge is -2.46. The van der Waals surface area contributed by atoms with Crippen molar-refractivity contribution in [2.24, 2.45) is 0 Å². The molecule has 0 amide bonds. The second-order valence-electron chi connectivity index (χ2n) is 22.1. The van der Waals surface area contributed by atoms with Gasteiger partial charge in [0.1, 0.15) is 0 Å². The second kappa shape index (κ2) is 12.0. The van der Waals surface area contributed by atoms with Gasteiger partial charge < -0.3 is 9.38 Å². The molecule has 0 saturated carbocycles. The average molecular weight is 811 g/mol. The molecule has 9 aromatic rings. The minimum Gasteiger partial charge on any atom is -0.376 e. The first-order chi connectivity index (χ1) is 28.9. The van der Waals surface area contributed by atoms with Crippen LogP contribution in [0.3, 0.4) is 0 Å². The van der Waals surface area contributed by atoms with E-state index >= 15 is 0 Å². The highest BCUT2D eigenvalue weighted by molar-refractivity contribution is 7.26. The zero-order valence-corrected chi connectivity index (χ0v) is 38.5. The molecule has 0 atom stereocenters. The number of aryl methyl sites for hydroxylation is 1. The van der Waals surface area contributed by atoms with Crippen LogP contribution in [0.25, 0.3) is 69.6 Å². The largest absolute Gasteiger partial charge is 0.376 e. The standard InChI is InChI=1S/C57H55BN2S/c1-32-26-42-43(57(10,11)25-24-56(42,8)9)31-47(32)60-46-23-21-38-37-18-14-15-19-48(37)61-53(38)49(46)41-27-33-16-12-13-17-36(33)52-50(41)58(60)44-30-35(55(5,6)7)29-40-39-28-34(54(2,3)4)20-22-45(39)59(52)51(40)44/h12-23,26-31H,24-25H2,1-11H3.